The van der Waals surface area contributed by atoms with E-state index in [4.69, 9.17) is 9.47 Å². The molecule has 1 aliphatic rings. The zero-order valence-corrected chi connectivity index (χ0v) is 15.9. The second kappa shape index (κ2) is 8.70. The first-order valence-electron chi connectivity index (χ1n) is 9.91. The molecule has 0 saturated carbocycles. The lowest BCUT2D eigenvalue weighted by Gasteiger charge is -2.38. The van der Waals surface area contributed by atoms with E-state index in [-0.39, 0.29) is 6.10 Å². The van der Waals surface area contributed by atoms with E-state index < -0.39 is 11.7 Å². The van der Waals surface area contributed by atoms with Gasteiger partial charge in [-0.2, -0.15) is 0 Å². The maximum atomic E-state index is 10.4. The fourth-order valence-electron chi connectivity index (χ4n) is 3.96. The Hall–Kier alpha value is -2.46. The van der Waals surface area contributed by atoms with E-state index in [1.165, 1.54) is 0 Å². The molecule has 1 aliphatic heterocycles. The molecular weight excluding hydrogens is 348 g/mol. The van der Waals surface area contributed by atoms with Crippen LogP contribution in [0.1, 0.15) is 29.5 Å². The van der Waals surface area contributed by atoms with Crippen LogP contribution in [0.25, 0.3) is 0 Å². The Morgan fingerprint density at radius 3 is 1.68 bits per heavy atom. The average molecular weight is 374 g/mol. The minimum absolute atomic E-state index is 0.315. The monoisotopic (exact) mass is 374 g/mol. The summed E-state index contributed by atoms with van der Waals surface area (Å²) in [7, 11) is 0. The van der Waals surface area contributed by atoms with Gasteiger partial charge in [0.15, 0.2) is 0 Å². The summed E-state index contributed by atoms with van der Waals surface area (Å²) >= 11 is 0. The third-order valence-electron chi connectivity index (χ3n) is 5.41. The molecule has 1 heterocycles. The molecular formula is C25H26O3. The van der Waals surface area contributed by atoms with Crippen LogP contribution < -0.4 is 0 Å². The summed E-state index contributed by atoms with van der Waals surface area (Å²) in [6, 6.07) is 30.8. The van der Waals surface area contributed by atoms with Crippen LogP contribution in [0.5, 0.6) is 0 Å². The van der Waals surface area contributed by atoms with E-state index >= 15 is 0 Å². The normalized spacial score (nSPS) is 20.0. The molecule has 1 saturated heterocycles. The number of ether oxygens (including phenoxy) is 2. The SMILES string of the molecule is O[C@@H]1CCCO[C@H]1COC(c1ccccc1)(c1ccccc1)c1ccccc1. The standard InChI is InChI=1S/C25H26O3/c26-23-17-10-18-27-24(23)19-28-25(20-11-4-1-5-12-20,21-13-6-2-7-14-21)22-15-8-3-9-16-22/h1-9,11-16,23-24,26H,10,17-19H2/t23-,24+/m1/s1. The van der Waals surface area contributed by atoms with Crippen LogP contribution in [0.3, 0.4) is 0 Å². The molecule has 1 N–H and O–H groups in total. The number of aliphatic hydroxyl groups is 1. The van der Waals surface area contributed by atoms with E-state index in [1.807, 2.05) is 54.6 Å². The fraction of sp³-hybridized carbons (Fsp3) is 0.280. The number of benzene rings is 3. The van der Waals surface area contributed by atoms with Gasteiger partial charge in [0.05, 0.1) is 12.7 Å². The topological polar surface area (TPSA) is 38.7 Å². The van der Waals surface area contributed by atoms with Crippen LogP contribution in [0.2, 0.25) is 0 Å². The Morgan fingerprint density at radius 1 is 0.786 bits per heavy atom. The summed E-state index contributed by atoms with van der Waals surface area (Å²) in [5, 5.41) is 10.4. The average Bonchev–Trinajstić information content (AvgIpc) is 2.78. The molecule has 0 unspecified atom stereocenters. The first kappa shape index (κ1) is 18.9. The van der Waals surface area contributed by atoms with Crippen LogP contribution in [0.15, 0.2) is 91.0 Å². The van der Waals surface area contributed by atoms with Crippen molar-refractivity contribution in [1.29, 1.82) is 0 Å². The molecule has 1 fully saturated rings. The minimum Gasteiger partial charge on any atom is -0.390 e. The van der Waals surface area contributed by atoms with Crippen LogP contribution in [-0.4, -0.2) is 30.5 Å². The van der Waals surface area contributed by atoms with Gasteiger partial charge in [-0.1, -0.05) is 91.0 Å². The molecule has 144 valence electrons. The molecule has 2 atom stereocenters. The van der Waals surface area contributed by atoms with Crippen molar-refractivity contribution < 1.29 is 14.6 Å². The van der Waals surface area contributed by atoms with Crippen molar-refractivity contribution in [2.24, 2.45) is 0 Å². The van der Waals surface area contributed by atoms with E-state index in [1.54, 1.807) is 0 Å². The first-order valence-corrected chi connectivity index (χ1v) is 9.91. The van der Waals surface area contributed by atoms with Crippen molar-refractivity contribution in [2.45, 2.75) is 30.7 Å². The second-order valence-corrected chi connectivity index (χ2v) is 7.21. The number of hydrogen-bond acceptors (Lipinski definition) is 3. The van der Waals surface area contributed by atoms with Crippen molar-refractivity contribution >= 4 is 0 Å². The molecule has 28 heavy (non-hydrogen) atoms. The van der Waals surface area contributed by atoms with Crippen molar-refractivity contribution in [3.63, 3.8) is 0 Å². The highest BCUT2D eigenvalue weighted by Crippen LogP contribution is 2.40. The largest absolute Gasteiger partial charge is 0.390 e. The van der Waals surface area contributed by atoms with Crippen LogP contribution >= 0.6 is 0 Å². The predicted octanol–water partition coefficient (Wildman–Crippen LogP) is 4.54. The molecule has 0 amide bonds. The van der Waals surface area contributed by atoms with Gasteiger partial charge in [-0.25, -0.2) is 0 Å². The Kier molecular flexibility index (Phi) is 5.87. The van der Waals surface area contributed by atoms with Crippen LogP contribution in [-0.2, 0) is 15.1 Å². The maximum absolute atomic E-state index is 10.4. The molecule has 3 aromatic rings. The van der Waals surface area contributed by atoms with Gasteiger partial charge in [0.2, 0.25) is 0 Å². The van der Waals surface area contributed by atoms with Gasteiger partial charge in [0.25, 0.3) is 0 Å². The smallest absolute Gasteiger partial charge is 0.143 e. The van der Waals surface area contributed by atoms with Crippen LogP contribution in [0, 0.1) is 0 Å². The highest BCUT2D eigenvalue weighted by molar-refractivity contribution is 5.47. The summed E-state index contributed by atoms with van der Waals surface area (Å²) in [4.78, 5) is 0. The third-order valence-corrected chi connectivity index (χ3v) is 5.41. The van der Waals surface area contributed by atoms with E-state index in [9.17, 15) is 5.11 Å². The predicted molar refractivity (Wildman–Crippen MR) is 110 cm³/mol. The Balaban J connectivity index is 1.81. The summed E-state index contributed by atoms with van der Waals surface area (Å²) in [6.07, 6.45) is 0.833. The molecule has 0 aromatic heterocycles. The minimum atomic E-state index is -0.774. The zero-order valence-electron chi connectivity index (χ0n) is 15.9. The van der Waals surface area contributed by atoms with Crippen molar-refractivity contribution in [3.05, 3.63) is 108 Å². The van der Waals surface area contributed by atoms with E-state index in [0.29, 0.717) is 13.2 Å². The zero-order chi connectivity index (χ0) is 19.2. The van der Waals surface area contributed by atoms with Gasteiger partial charge in [0.1, 0.15) is 11.7 Å². The van der Waals surface area contributed by atoms with Gasteiger partial charge in [-0.3, -0.25) is 0 Å². The van der Waals surface area contributed by atoms with Crippen molar-refractivity contribution in [3.8, 4) is 0 Å². The quantitative estimate of drug-likeness (QED) is 0.644. The van der Waals surface area contributed by atoms with Gasteiger partial charge in [-0.05, 0) is 29.5 Å². The fourth-order valence-corrected chi connectivity index (χ4v) is 3.96. The summed E-state index contributed by atoms with van der Waals surface area (Å²) < 4.78 is 12.5. The molecule has 0 aliphatic carbocycles. The Labute approximate surface area is 166 Å². The van der Waals surface area contributed by atoms with E-state index in [2.05, 4.69) is 36.4 Å². The van der Waals surface area contributed by atoms with Crippen molar-refractivity contribution in [2.75, 3.05) is 13.2 Å². The van der Waals surface area contributed by atoms with Crippen LogP contribution in [0.4, 0.5) is 0 Å². The third kappa shape index (κ3) is 3.74. The first-order chi connectivity index (χ1) is 13.8. The summed E-state index contributed by atoms with van der Waals surface area (Å²) in [5.74, 6) is 0. The van der Waals surface area contributed by atoms with Gasteiger partial charge in [0, 0.05) is 6.61 Å². The number of rotatable bonds is 6. The molecule has 4 rings (SSSR count). The lowest BCUT2D eigenvalue weighted by atomic mass is 9.80. The maximum Gasteiger partial charge on any atom is 0.143 e. The van der Waals surface area contributed by atoms with Crippen molar-refractivity contribution in [1.82, 2.24) is 0 Å². The summed E-state index contributed by atoms with van der Waals surface area (Å²) in [5.41, 5.74) is 2.39. The highest BCUT2D eigenvalue weighted by atomic mass is 16.6. The van der Waals surface area contributed by atoms with Gasteiger partial charge < -0.3 is 14.6 Å². The number of hydrogen-bond donors (Lipinski definition) is 1. The van der Waals surface area contributed by atoms with E-state index in [0.717, 1.165) is 29.5 Å². The second-order valence-electron chi connectivity index (χ2n) is 7.21. The van der Waals surface area contributed by atoms with Gasteiger partial charge >= 0.3 is 0 Å². The molecule has 0 bridgehead atoms. The summed E-state index contributed by atoms with van der Waals surface area (Å²) in [6.45, 7) is 0.986. The lowest BCUT2D eigenvalue weighted by molar-refractivity contribution is -0.128. The molecule has 0 spiro atoms. The molecule has 3 heteroatoms. The Morgan fingerprint density at radius 2 is 1.25 bits per heavy atom. The molecule has 3 aromatic carbocycles. The lowest BCUT2D eigenvalue weighted by Crippen LogP contribution is -2.42. The molecule has 0 radical (unpaired) electrons. The highest BCUT2D eigenvalue weighted by Gasteiger charge is 2.39. The molecule has 3 nitrogen and oxygen atoms in total. The Bertz CT molecular complexity index is 752. The van der Waals surface area contributed by atoms with Gasteiger partial charge in [-0.15, -0.1) is 0 Å². The number of aliphatic hydroxyl groups excluding tert-OH is 1.